The molecule has 76 valence electrons. The molecule has 1 saturated heterocycles. The predicted octanol–water partition coefficient (Wildman–Crippen LogP) is 1.79. The van der Waals surface area contributed by atoms with Gasteiger partial charge in [-0.2, -0.15) is 0 Å². The summed E-state index contributed by atoms with van der Waals surface area (Å²) in [6.07, 6.45) is 3.83. The molecule has 0 aromatic rings. The summed E-state index contributed by atoms with van der Waals surface area (Å²) in [7, 11) is 0. The van der Waals surface area contributed by atoms with Crippen molar-refractivity contribution < 1.29 is 4.74 Å². The highest BCUT2D eigenvalue weighted by Gasteiger charge is 2.56. The van der Waals surface area contributed by atoms with E-state index in [-0.39, 0.29) is 0 Å². The summed E-state index contributed by atoms with van der Waals surface area (Å²) in [6.45, 7) is 7.52. The van der Waals surface area contributed by atoms with Gasteiger partial charge in [0.15, 0.2) is 0 Å². The maximum absolute atomic E-state index is 5.71. The van der Waals surface area contributed by atoms with Crippen LogP contribution in [0.25, 0.3) is 0 Å². The van der Waals surface area contributed by atoms with Crippen molar-refractivity contribution >= 4 is 0 Å². The highest BCUT2D eigenvalue weighted by molar-refractivity contribution is 5.04. The average Bonchev–Trinajstić information content (AvgIpc) is 2.25. The third-order valence-electron chi connectivity index (χ3n) is 4.73. The smallest absolute Gasteiger partial charge is 0.0525 e. The molecule has 3 atom stereocenters. The zero-order valence-electron chi connectivity index (χ0n) is 8.81. The summed E-state index contributed by atoms with van der Waals surface area (Å²) in [5.41, 5.74) is 6.56. The van der Waals surface area contributed by atoms with E-state index in [9.17, 15) is 0 Å². The van der Waals surface area contributed by atoms with E-state index in [0.717, 1.165) is 32.1 Å². The Morgan fingerprint density at radius 1 is 1.46 bits per heavy atom. The van der Waals surface area contributed by atoms with Gasteiger partial charge in [0.2, 0.25) is 0 Å². The van der Waals surface area contributed by atoms with Gasteiger partial charge >= 0.3 is 0 Å². The van der Waals surface area contributed by atoms with Crippen molar-refractivity contribution in [1.29, 1.82) is 0 Å². The van der Waals surface area contributed by atoms with E-state index in [1.807, 2.05) is 0 Å². The first kappa shape index (κ1) is 9.47. The number of ether oxygens (including phenoxy) is 1. The predicted molar refractivity (Wildman–Crippen MR) is 53.4 cm³/mol. The summed E-state index contributed by atoms with van der Waals surface area (Å²) in [5, 5.41) is 0. The standard InChI is InChI=1S/C11H21NO/c1-10-4-3-9(7-13-8-10)11(10,2)5-6-12/h9H,3-8,12H2,1-2H3/t9-,10+,11-/m1/s1. The first-order valence-electron chi connectivity index (χ1n) is 5.40. The van der Waals surface area contributed by atoms with Crippen LogP contribution in [-0.2, 0) is 4.74 Å². The number of fused-ring (bicyclic) bond motifs is 2. The Labute approximate surface area is 80.8 Å². The van der Waals surface area contributed by atoms with Crippen LogP contribution in [0.4, 0.5) is 0 Å². The van der Waals surface area contributed by atoms with Crippen LogP contribution in [0.15, 0.2) is 0 Å². The van der Waals surface area contributed by atoms with Crippen LogP contribution in [0.2, 0.25) is 0 Å². The van der Waals surface area contributed by atoms with Crippen molar-refractivity contribution in [2.75, 3.05) is 19.8 Å². The highest BCUT2D eigenvalue weighted by atomic mass is 16.5. The molecule has 2 N–H and O–H groups in total. The fourth-order valence-corrected chi connectivity index (χ4v) is 3.33. The fourth-order valence-electron chi connectivity index (χ4n) is 3.33. The second-order valence-corrected chi connectivity index (χ2v) is 5.27. The molecule has 2 aliphatic rings. The molecule has 13 heavy (non-hydrogen) atoms. The lowest BCUT2D eigenvalue weighted by Crippen LogP contribution is -2.47. The Balaban J connectivity index is 2.25. The quantitative estimate of drug-likeness (QED) is 0.708. The molecule has 0 unspecified atom stereocenters. The molecule has 2 nitrogen and oxygen atoms in total. The van der Waals surface area contributed by atoms with Gasteiger partial charge < -0.3 is 10.5 Å². The number of rotatable bonds is 2. The minimum absolute atomic E-state index is 0.398. The van der Waals surface area contributed by atoms with Crippen LogP contribution in [0, 0.1) is 16.7 Å². The molecule has 1 aliphatic heterocycles. The molecule has 2 heteroatoms. The highest BCUT2D eigenvalue weighted by Crippen LogP contribution is 2.60. The average molecular weight is 183 g/mol. The van der Waals surface area contributed by atoms with Crippen molar-refractivity contribution in [2.24, 2.45) is 22.5 Å². The SMILES string of the molecule is C[C@]12CC[C@H](COC1)[C@@]2(C)CCN. The molecule has 2 rings (SSSR count). The number of hydrogen-bond donors (Lipinski definition) is 1. The zero-order chi connectivity index (χ0) is 9.53. The molecular weight excluding hydrogens is 162 g/mol. The topological polar surface area (TPSA) is 35.2 Å². The lowest BCUT2D eigenvalue weighted by Gasteiger charge is -2.48. The number of nitrogens with two attached hydrogens (primary N) is 1. The van der Waals surface area contributed by atoms with E-state index in [2.05, 4.69) is 13.8 Å². The minimum Gasteiger partial charge on any atom is -0.381 e. The van der Waals surface area contributed by atoms with E-state index in [4.69, 9.17) is 10.5 Å². The van der Waals surface area contributed by atoms with Crippen LogP contribution in [0.5, 0.6) is 0 Å². The van der Waals surface area contributed by atoms with Gasteiger partial charge in [-0.3, -0.25) is 0 Å². The maximum atomic E-state index is 5.71. The monoisotopic (exact) mass is 183 g/mol. The molecule has 1 saturated carbocycles. The van der Waals surface area contributed by atoms with Gasteiger partial charge in [0.25, 0.3) is 0 Å². The zero-order valence-corrected chi connectivity index (χ0v) is 8.81. The molecular formula is C11H21NO. The Bertz CT molecular complexity index is 202. The molecule has 0 amide bonds. The van der Waals surface area contributed by atoms with Crippen molar-refractivity contribution in [2.45, 2.75) is 33.1 Å². The molecule has 2 bridgehead atoms. The van der Waals surface area contributed by atoms with Crippen LogP contribution < -0.4 is 5.73 Å². The normalized spacial score (nSPS) is 49.6. The Kier molecular flexibility index (Phi) is 2.16. The molecule has 2 fully saturated rings. The van der Waals surface area contributed by atoms with Crippen molar-refractivity contribution in [1.82, 2.24) is 0 Å². The van der Waals surface area contributed by atoms with Gasteiger partial charge in [0.1, 0.15) is 0 Å². The van der Waals surface area contributed by atoms with Crippen LogP contribution in [0.3, 0.4) is 0 Å². The summed E-state index contributed by atoms with van der Waals surface area (Å²) in [6, 6.07) is 0. The van der Waals surface area contributed by atoms with Crippen molar-refractivity contribution in [3.8, 4) is 0 Å². The molecule has 1 aliphatic carbocycles. The Morgan fingerprint density at radius 3 is 2.85 bits per heavy atom. The Morgan fingerprint density at radius 2 is 2.23 bits per heavy atom. The van der Waals surface area contributed by atoms with E-state index >= 15 is 0 Å². The van der Waals surface area contributed by atoms with Crippen molar-refractivity contribution in [3.63, 3.8) is 0 Å². The molecule has 1 heterocycles. The van der Waals surface area contributed by atoms with Crippen LogP contribution in [-0.4, -0.2) is 19.8 Å². The van der Waals surface area contributed by atoms with Crippen molar-refractivity contribution in [3.05, 3.63) is 0 Å². The summed E-state index contributed by atoms with van der Waals surface area (Å²) in [4.78, 5) is 0. The first-order valence-corrected chi connectivity index (χ1v) is 5.40. The van der Waals surface area contributed by atoms with E-state index in [1.54, 1.807) is 0 Å². The fraction of sp³-hybridized carbons (Fsp3) is 1.00. The van der Waals surface area contributed by atoms with Crippen LogP contribution in [0.1, 0.15) is 33.1 Å². The van der Waals surface area contributed by atoms with E-state index in [1.165, 1.54) is 12.8 Å². The van der Waals surface area contributed by atoms with Gasteiger partial charge in [-0.1, -0.05) is 13.8 Å². The second-order valence-electron chi connectivity index (χ2n) is 5.27. The molecule has 0 aromatic heterocycles. The largest absolute Gasteiger partial charge is 0.381 e. The molecule has 0 aromatic carbocycles. The summed E-state index contributed by atoms with van der Waals surface area (Å²) < 4.78 is 5.66. The minimum atomic E-state index is 0.398. The Hall–Kier alpha value is -0.0800. The summed E-state index contributed by atoms with van der Waals surface area (Å²) >= 11 is 0. The molecule has 0 radical (unpaired) electrons. The first-order chi connectivity index (χ1) is 6.12. The second kappa shape index (κ2) is 2.96. The summed E-state index contributed by atoms with van der Waals surface area (Å²) in [5.74, 6) is 0.759. The van der Waals surface area contributed by atoms with Gasteiger partial charge in [-0.05, 0) is 42.6 Å². The van der Waals surface area contributed by atoms with Crippen LogP contribution >= 0.6 is 0 Å². The van der Waals surface area contributed by atoms with Gasteiger partial charge in [-0.15, -0.1) is 0 Å². The lowest BCUT2D eigenvalue weighted by atomic mass is 9.62. The lowest BCUT2D eigenvalue weighted by molar-refractivity contribution is -0.0996. The number of hydrogen-bond acceptors (Lipinski definition) is 2. The third kappa shape index (κ3) is 1.15. The maximum Gasteiger partial charge on any atom is 0.0525 e. The molecule has 0 spiro atoms. The third-order valence-corrected chi connectivity index (χ3v) is 4.73. The van der Waals surface area contributed by atoms with Gasteiger partial charge in [0, 0.05) is 6.61 Å². The van der Waals surface area contributed by atoms with Gasteiger partial charge in [0.05, 0.1) is 6.61 Å². The van der Waals surface area contributed by atoms with E-state index < -0.39 is 0 Å². The van der Waals surface area contributed by atoms with E-state index in [0.29, 0.717) is 10.8 Å². The van der Waals surface area contributed by atoms with Gasteiger partial charge in [-0.25, -0.2) is 0 Å².